The van der Waals surface area contributed by atoms with E-state index in [0.717, 1.165) is 11.3 Å². The van der Waals surface area contributed by atoms with Crippen LogP contribution in [0.5, 0.6) is 5.75 Å². The highest BCUT2D eigenvalue weighted by Crippen LogP contribution is 2.21. The van der Waals surface area contributed by atoms with Crippen molar-refractivity contribution in [3.05, 3.63) is 53.1 Å². The lowest BCUT2D eigenvalue weighted by Crippen LogP contribution is -2.22. The molecule has 160 valence electrons. The normalized spacial score (nSPS) is 12.4. The number of aromatic nitrogens is 1. The van der Waals surface area contributed by atoms with Crippen molar-refractivity contribution < 1.29 is 27.1 Å². The van der Waals surface area contributed by atoms with Gasteiger partial charge in [0.05, 0.1) is 28.8 Å². The molecular formula is C20H21FN2O5S2. The second-order valence-electron chi connectivity index (χ2n) is 6.26. The molecule has 0 aliphatic rings. The number of hydrogen-bond donors (Lipinski definition) is 0. The molecule has 2 aromatic carbocycles. The highest BCUT2D eigenvalue weighted by Gasteiger charge is 2.20. The van der Waals surface area contributed by atoms with E-state index in [1.54, 1.807) is 16.7 Å². The van der Waals surface area contributed by atoms with Crippen LogP contribution in [0.1, 0.15) is 6.92 Å². The molecular weight excluding hydrogens is 431 g/mol. The molecule has 0 bridgehead atoms. The summed E-state index contributed by atoms with van der Waals surface area (Å²) >= 11 is 1.12. The number of fused-ring (bicyclic) bond motifs is 1. The maximum Gasteiger partial charge on any atom is 0.263 e. The van der Waals surface area contributed by atoms with Crippen molar-refractivity contribution in [1.82, 2.24) is 4.57 Å². The molecule has 3 aromatic rings. The van der Waals surface area contributed by atoms with E-state index in [1.165, 1.54) is 37.4 Å². The Morgan fingerprint density at radius 2 is 1.93 bits per heavy atom. The standard InChI is InChI=1S/C20H21FN2O5S2/c1-3-28-12-11-23-19-16(21)5-4-6-17(19)29-20(23)22-18(24)13-30(25,26)15-9-7-14(27-2)8-10-15/h4-10H,3,11-13H2,1-2H3. The number of rotatable bonds is 8. The summed E-state index contributed by atoms with van der Waals surface area (Å²) in [6, 6.07) is 10.4. The summed E-state index contributed by atoms with van der Waals surface area (Å²) in [5.74, 6) is -1.56. The third-order valence-corrected chi connectivity index (χ3v) is 6.93. The van der Waals surface area contributed by atoms with E-state index in [4.69, 9.17) is 9.47 Å². The summed E-state index contributed by atoms with van der Waals surface area (Å²) < 4.78 is 52.0. The molecule has 0 aliphatic carbocycles. The van der Waals surface area contributed by atoms with Gasteiger partial charge >= 0.3 is 0 Å². The number of ether oxygens (including phenoxy) is 2. The van der Waals surface area contributed by atoms with Gasteiger partial charge in [0.1, 0.15) is 17.3 Å². The van der Waals surface area contributed by atoms with Crippen LogP contribution in [0.4, 0.5) is 4.39 Å². The molecule has 0 N–H and O–H groups in total. The first kappa shape index (κ1) is 22.1. The van der Waals surface area contributed by atoms with Crippen molar-refractivity contribution in [1.29, 1.82) is 0 Å². The molecule has 1 amide bonds. The summed E-state index contributed by atoms with van der Waals surface area (Å²) in [6.07, 6.45) is 0. The Bertz CT molecular complexity index is 1210. The van der Waals surface area contributed by atoms with Crippen molar-refractivity contribution in [2.75, 3.05) is 26.1 Å². The lowest BCUT2D eigenvalue weighted by molar-refractivity contribution is -0.115. The lowest BCUT2D eigenvalue weighted by Gasteiger charge is -2.06. The van der Waals surface area contributed by atoms with Crippen LogP contribution in [-0.2, 0) is 25.9 Å². The number of benzene rings is 2. The summed E-state index contributed by atoms with van der Waals surface area (Å²) in [6.45, 7) is 2.93. The third kappa shape index (κ3) is 4.94. The van der Waals surface area contributed by atoms with Crippen molar-refractivity contribution in [2.24, 2.45) is 4.99 Å². The van der Waals surface area contributed by atoms with Crippen LogP contribution >= 0.6 is 11.3 Å². The minimum atomic E-state index is -3.88. The lowest BCUT2D eigenvalue weighted by atomic mass is 10.3. The van der Waals surface area contributed by atoms with Crippen LogP contribution in [-0.4, -0.2) is 45.0 Å². The Labute approximate surface area is 177 Å². The van der Waals surface area contributed by atoms with E-state index in [-0.39, 0.29) is 16.2 Å². The van der Waals surface area contributed by atoms with Crippen molar-refractivity contribution in [3.8, 4) is 5.75 Å². The van der Waals surface area contributed by atoms with E-state index >= 15 is 0 Å². The van der Waals surface area contributed by atoms with Crippen molar-refractivity contribution in [3.63, 3.8) is 0 Å². The summed E-state index contributed by atoms with van der Waals surface area (Å²) in [7, 11) is -2.41. The van der Waals surface area contributed by atoms with E-state index in [0.29, 0.717) is 29.2 Å². The third-order valence-electron chi connectivity index (χ3n) is 4.27. The molecule has 0 unspecified atom stereocenters. The van der Waals surface area contributed by atoms with E-state index in [1.807, 2.05) is 6.92 Å². The highest BCUT2D eigenvalue weighted by molar-refractivity contribution is 7.92. The van der Waals surface area contributed by atoms with Gasteiger partial charge in [-0.05, 0) is 43.3 Å². The van der Waals surface area contributed by atoms with Gasteiger partial charge in [-0.3, -0.25) is 4.79 Å². The Balaban J connectivity index is 1.93. The number of nitrogens with zero attached hydrogens (tertiary/aromatic N) is 2. The van der Waals surface area contributed by atoms with Gasteiger partial charge in [0, 0.05) is 13.2 Å². The predicted octanol–water partition coefficient (Wildman–Crippen LogP) is 2.79. The SMILES string of the molecule is CCOCCn1c(=NC(=O)CS(=O)(=O)c2ccc(OC)cc2)sc2cccc(F)c21. The zero-order valence-corrected chi connectivity index (χ0v) is 18.1. The van der Waals surface area contributed by atoms with Crippen LogP contribution in [0, 0.1) is 5.82 Å². The van der Waals surface area contributed by atoms with E-state index in [2.05, 4.69) is 4.99 Å². The van der Waals surface area contributed by atoms with Crippen LogP contribution < -0.4 is 9.54 Å². The molecule has 3 rings (SSSR count). The Morgan fingerprint density at radius 1 is 1.20 bits per heavy atom. The number of amides is 1. The summed E-state index contributed by atoms with van der Waals surface area (Å²) in [5, 5.41) is 0. The van der Waals surface area contributed by atoms with Crippen LogP contribution in [0.25, 0.3) is 10.2 Å². The van der Waals surface area contributed by atoms with Crippen molar-refractivity contribution >= 4 is 37.3 Å². The fourth-order valence-electron chi connectivity index (χ4n) is 2.85. The molecule has 0 fully saturated rings. The van der Waals surface area contributed by atoms with Crippen LogP contribution in [0.2, 0.25) is 0 Å². The molecule has 10 heteroatoms. The first-order valence-electron chi connectivity index (χ1n) is 9.15. The van der Waals surface area contributed by atoms with Gasteiger partial charge < -0.3 is 14.0 Å². The zero-order chi connectivity index (χ0) is 21.7. The second-order valence-corrected chi connectivity index (χ2v) is 9.26. The molecule has 0 saturated heterocycles. The number of carbonyl (C=O) groups is 1. The molecule has 7 nitrogen and oxygen atoms in total. The molecule has 0 atom stereocenters. The number of methoxy groups -OCH3 is 1. The monoisotopic (exact) mass is 452 g/mol. The van der Waals surface area contributed by atoms with Gasteiger partial charge in [-0.1, -0.05) is 17.4 Å². The maximum absolute atomic E-state index is 14.4. The van der Waals surface area contributed by atoms with E-state index in [9.17, 15) is 17.6 Å². The molecule has 0 radical (unpaired) electrons. The molecule has 1 heterocycles. The number of hydrogen-bond acceptors (Lipinski definition) is 6. The Morgan fingerprint density at radius 3 is 2.60 bits per heavy atom. The number of halogens is 1. The first-order valence-corrected chi connectivity index (χ1v) is 11.6. The minimum absolute atomic E-state index is 0.00143. The number of thiazole rings is 1. The predicted molar refractivity (Wildman–Crippen MR) is 112 cm³/mol. The van der Waals surface area contributed by atoms with E-state index < -0.39 is 27.3 Å². The Hall–Kier alpha value is -2.56. The number of para-hydroxylation sites is 1. The van der Waals surface area contributed by atoms with Gasteiger partial charge in [0.25, 0.3) is 5.91 Å². The molecule has 0 saturated carbocycles. The highest BCUT2D eigenvalue weighted by atomic mass is 32.2. The zero-order valence-electron chi connectivity index (χ0n) is 16.5. The topological polar surface area (TPSA) is 87.0 Å². The smallest absolute Gasteiger partial charge is 0.263 e. The average Bonchev–Trinajstić information content (AvgIpc) is 3.06. The van der Waals surface area contributed by atoms with Gasteiger partial charge in [-0.25, -0.2) is 12.8 Å². The molecule has 0 spiro atoms. The summed E-state index contributed by atoms with van der Waals surface area (Å²) in [4.78, 5) is 16.7. The molecule has 0 aliphatic heterocycles. The molecule has 1 aromatic heterocycles. The second kappa shape index (κ2) is 9.50. The fourth-order valence-corrected chi connectivity index (χ4v) is 5.04. The van der Waals surface area contributed by atoms with Crippen LogP contribution in [0.3, 0.4) is 0 Å². The quantitative estimate of drug-likeness (QED) is 0.491. The van der Waals surface area contributed by atoms with Crippen molar-refractivity contribution in [2.45, 2.75) is 18.4 Å². The minimum Gasteiger partial charge on any atom is -0.497 e. The number of carbonyl (C=O) groups excluding carboxylic acids is 1. The summed E-state index contributed by atoms with van der Waals surface area (Å²) in [5.41, 5.74) is 0.312. The van der Waals surface area contributed by atoms with Gasteiger partial charge in [0.15, 0.2) is 14.6 Å². The molecule has 30 heavy (non-hydrogen) atoms. The number of sulfone groups is 1. The Kier molecular flexibility index (Phi) is 7.01. The largest absolute Gasteiger partial charge is 0.497 e. The fraction of sp³-hybridized carbons (Fsp3) is 0.300. The van der Waals surface area contributed by atoms with Gasteiger partial charge in [0.2, 0.25) is 0 Å². The van der Waals surface area contributed by atoms with Gasteiger partial charge in [-0.15, -0.1) is 0 Å². The average molecular weight is 453 g/mol. The van der Waals surface area contributed by atoms with Crippen LogP contribution in [0.15, 0.2) is 52.4 Å². The maximum atomic E-state index is 14.4. The first-order chi connectivity index (χ1) is 14.4. The van der Waals surface area contributed by atoms with Gasteiger partial charge in [-0.2, -0.15) is 4.99 Å².